The molecule has 2 atom stereocenters. The van der Waals surface area contributed by atoms with Crippen molar-refractivity contribution in [2.45, 2.75) is 75.5 Å². The summed E-state index contributed by atoms with van der Waals surface area (Å²) in [4.78, 5) is 13.0. The van der Waals surface area contributed by atoms with Gasteiger partial charge in [0.15, 0.2) is 0 Å². The van der Waals surface area contributed by atoms with E-state index >= 15 is 0 Å². The monoisotopic (exact) mass is 433 g/mol. The molecule has 5 rings (SSSR count). The standard InChI is InChI=1S/C23H32BrNO2/c1-21(2,3)17-5-6-19(27-4)18(8-17)25-20(26)13-22-9-15-7-16(10-22)12-23(24,11-15)14-22/h5-6,8,15-16H,7,9-14H2,1-4H3,(H,25,26). The Kier molecular flexibility index (Phi) is 4.65. The molecule has 4 saturated carbocycles. The maximum atomic E-state index is 13.0. The fourth-order valence-electron chi connectivity index (χ4n) is 6.35. The van der Waals surface area contributed by atoms with Crippen LogP contribution in [0, 0.1) is 17.3 Å². The summed E-state index contributed by atoms with van der Waals surface area (Å²) in [7, 11) is 1.66. The van der Waals surface area contributed by atoms with E-state index in [4.69, 9.17) is 4.74 Å². The van der Waals surface area contributed by atoms with Gasteiger partial charge in [0.25, 0.3) is 0 Å². The summed E-state index contributed by atoms with van der Waals surface area (Å²) < 4.78 is 5.79. The molecule has 4 aliphatic rings. The SMILES string of the molecule is COc1ccc(C(C)(C)C)cc1NC(=O)CC12CC3CC(CC(Br)(C3)C1)C2. The van der Waals surface area contributed by atoms with E-state index in [1.165, 1.54) is 37.7 Å². The van der Waals surface area contributed by atoms with E-state index in [1.807, 2.05) is 6.07 Å². The van der Waals surface area contributed by atoms with Crippen molar-refractivity contribution < 1.29 is 9.53 Å². The molecule has 4 fully saturated rings. The molecule has 0 saturated heterocycles. The van der Waals surface area contributed by atoms with E-state index in [1.54, 1.807) is 7.11 Å². The summed E-state index contributed by atoms with van der Waals surface area (Å²) in [6.07, 6.45) is 8.21. The summed E-state index contributed by atoms with van der Waals surface area (Å²) in [5.74, 6) is 2.48. The molecular formula is C23H32BrNO2. The maximum Gasteiger partial charge on any atom is 0.225 e. The minimum absolute atomic E-state index is 0.0357. The highest BCUT2D eigenvalue weighted by molar-refractivity contribution is 9.10. The highest BCUT2D eigenvalue weighted by Gasteiger charge is 2.57. The van der Waals surface area contributed by atoms with Crippen molar-refractivity contribution in [3.63, 3.8) is 0 Å². The molecule has 1 N–H and O–H groups in total. The molecule has 1 amide bonds. The van der Waals surface area contributed by atoms with Gasteiger partial charge in [0.2, 0.25) is 5.91 Å². The number of nitrogens with one attached hydrogen (secondary N) is 1. The number of carbonyl (C=O) groups excluding carboxylic acids is 1. The van der Waals surface area contributed by atoms with Crippen molar-refractivity contribution in [1.82, 2.24) is 0 Å². The third-order valence-electron chi connectivity index (χ3n) is 6.99. The minimum Gasteiger partial charge on any atom is -0.495 e. The molecule has 3 nitrogen and oxygen atoms in total. The number of hydrogen-bond donors (Lipinski definition) is 1. The van der Waals surface area contributed by atoms with Gasteiger partial charge >= 0.3 is 0 Å². The molecule has 0 aliphatic heterocycles. The third kappa shape index (κ3) is 3.79. The fraction of sp³-hybridized carbons (Fsp3) is 0.696. The molecule has 4 bridgehead atoms. The van der Waals surface area contributed by atoms with E-state index < -0.39 is 0 Å². The number of rotatable bonds is 4. The van der Waals surface area contributed by atoms with Crippen molar-refractivity contribution in [2.24, 2.45) is 17.3 Å². The molecule has 2 unspecified atom stereocenters. The zero-order valence-corrected chi connectivity index (χ0v) is 18.6. The largest absolute Gasteiger partial charge is 0.495 e. The molecule has 0 heterocycles. The predicted octanol–water partition coefficient (Wildman–Crippen LogP) is 6.06. The highest BCUT2D eigenvalue weighted by Crippen LogP contribution is 2.65. The van der Waals surface area contributed by atoms with Gasteiger partial charge in [0.1, 0.15) is 5.75 Å². The Morgan fingerprint density at radius 2 is 1.89 bits per heavy atom. The molecule has 1 aromatic carbocycles. The number of halogens is 1. The number of alkyl halides is 1. The van der Waals surface area contributed by atoms with Gasteiger partial charge in [0, 0.05) is 10.7 Å². The Bertz CT molecular complexity index is 737. The Hall–Kier alpha value is -1.03. The molecule has 1 aromatic rings. The van der Waals surface area contributed by atoms with Gasteiger partial charge in [-0.1, -0.05) is 42.8 Å². The van der Waals surface area contributed by atoms with Crippen LogP contribution in [0.1, 0.15) is 71.3 Å². The van der Waals surface area contributed by atoms with Gasteiger partial charge in [-0.05, 0) is 78.9 Å². The average molecular weight is 434 g/mol. The molecule has 27 heavy (non-hydrogen) atoms. The first-order valence-corrected chi connectivity index (χ1v) is 11.1. The Labute approximate surface area is 171 Å². The van der Waals surface area contributed by atoms with Gasteiger partial charge in [-0.15, -0.1) is 0 Å². The minimum atomic E-state index is 0.0357. The summed E-state index contributed by atoms with van der Waals surface area (Å²) in [5, 5.41) is 3.18. The van der Waals surface area contributed by atoms with Crippen LogP contribution < -0.4 is 10.1 Å². The first-order chi connectivity index (χ1) is 12.6. The summed E-state index contributed by atoms with van der Waals surface area (Å²) in [6, 6.07) is 6.12. The zero-order chi connectivity index (χ0) is 19.4. The van der Waals surface area contributed by atoms with Gasteiger partial charge in [0.05, 0.1) is 12.8 Å². The third-order valence-corrected chi connectivity index (χ3v) is 7.91. The normalized spacial score (nSPS) is 34.6. The highest BCUT2D eigenvalue weighted by atomic mass is 79.9. The van der Waals surface area contributed by atoms with E-state index in [9.17, 15) is 4.79 Å². The lowest BCUT2D eigenvalue weighted by Crippen LogP contribution is -2.53. The van der Waals surface area contributed by atoms with Crippen LogP contribution in [0.2, 0.25) is 0 Å². The topological polar surface area (TPSA) is 38.3 Å². The van der Waals surface area contributed by atoms with Crippen molar-refractivity contribution in [3.8, 4) is 5.75 Å². The van der Waals surface area contributed by atoms with Crippen LogP contribution >= 0.6 is 15.9 Å². The second-order valence-corrected chi connectivity index (χ2v) is 12.2. The summed E-state index contributed by atoms with van der Waals surface area (Å²) in [6.45, 7) is 6.56. The lowest BCUT2D eigenvalue weighted by Gasteiger charge is -2.60. The smallest absolute Gasteiger partial charge is 0.225 e. The Morgan fingerprint density at radius 1 is 1.22 bits per heavy atom. The molecular weight excluding hydrogens is 402 g/mol. The maximum absolute atomic E-state index is 13.0. The molecule has 0 radical (unpaired) electrons. The quantitative estimate of drug-likeness (QED) is 0.586. The lowest BCUT2D eigenvalue weighted by atomic mass is 9.48. The number of benzene rings is 1. The van der Waals surface area contributed by atoms with Crippen LogP contribution in [0.4, 0.5) is 5.69 Å². The number of methoxy groups -OCH3 is 1. The van der Waals surface area contributed by atoms with E-state index in [-0.39, 0.29) is 16.7 Å². The number of hydrogen-bond acceptors (Lipinski definition) is 2. The van der Waals surface area contributed by atoms with E-state index in [2.05, 4.69) is 54.2 Å². The van der Waals surface area contributed by atoms with Crippen LogP contribution in [0.3, 0.4) is 0 Å². The average Bonchev–Trinajstić information content (AvgIpc) is 2.50. The van der Waals surface area contributed by atoms with Crippen molar-refractivity contribution in [3.05, 3.63) is 23.8 Å². The number of ether oxygens (including phenoxy) is 1. The Morgan fingerprint density at radius 3 is 2.44 bits per heavy atom. The van der Waals surface area contributed by atoms with Gasteiger partial charge in [-0.2, -0.15) is 0 Å². The first kappa shape index (κ1) is 19.3. The Balaban J connectivity index is 1.52. The molecule has 0 spiro atoms. The zero-order valence-electron chi connectivity index (χ0n) is 17.0. The number of amides is 1. The second kappa shape index (κ2) is 6.50. The number of anilines is 1. The lowest BCUT2D eigenvalue weighted by molar-refractivity contribution is -0.123. The van der Waals surface area contributed by atoms with E-state index in [0.29, 0.717) is 10.7 Å². The molecule has 4 heteroatoms. The van der Waals surface area contributed by atoms with Gasteiger partial charge < -0.3 is 10.1 Å². The molecule has 4 aliphatic carbocycles. The van der Waals surface area contributed by atoms with Crippen molar-refractivity contribution >= 4 is 27.5 Å². The van der Waals surface area contributed by atoms with Crippen LogP contribution in [-0.2, 0) is 10.2 Å². The van der Waals surface area contributed by atoms with Crippen molar-refractivity contribution in [2.75, 3.05) is 12.4 Å². The second-order valence-electron chi connectivity index (χ2n) is 10.5. The van der Waals surface area contributed by atoms with Crippen LogP contribution in [0.15, 0.2) is 18.2 Å². The summed E-state index contributed by atoms with van der Waals surface area (Å²) >= 11 is 4.05. The fourth-order valence-corrected chi connectivity index (χ4v) is 7.86. The predicted molar refractivity (Wildman–Crippen MR) is 114 cm³/mol. The summed E-state index contributed by atoms with van der Waals surface area (Å²) in [5.41, 5.74) is 2.22. The molecule has 0 aromatic heterocycles. The first-order valence-electron chi connectivity index (χ1n) is 10.3. The van der Waals surface area contributed by atoms with Gasteiger partial charge in [-0.3, -0.25) is 4.79 Å². The van der Waals surface area contributed by atoms with Crippen LogP contribution in [0.25, 0.3) is 0 Å². The van der Waals surface area contributed by atoms with Crippen LogP contribution in [0.5, 0.6) is 5.75 Å². The van der Waals surface area contributed by atoms with Gasteiger partial charge in [-0.25, -0.2) is 0 Å². The molecule has 148 valence electrons. The van der Waals surface area contributed by atoms with Crippen molar-refractivity contribution in [1.29, 1.82) is 0 Å². The van der Waals surface area contributed by atoms with Crippen LogP contribution in [-0.4, -0.2) is 17.3 Å². The number of carbonyl (C=O) groups is 1. The van der Waals surface area contributed by atoms with E-state index in [0.717, 1.165) is 29.7 Å².